The van der Waals surface area contributed by atoms with Crippen LogP contribution in [0.2, 0.25) is 0 Å². The number of benzene rings is 1. The summed E-state index contributed by atoms with van der Waals surface area (Å²) in [5, 5.41) is 3.41. The lowest BCUT2D eigenvalue weighted by Gasteiger charge is -2.12. The maximum Gasteiger partial charge on any atom is 0.117 e. The predicted octanol–water partition coefficient (Wildman–Crippen LogP) is 0.134. The van der Waals surface area contributed by atoms with E-state index >= 15 is 0 Å². The summed E-state index contributed by atoms with van der Waals surface area (Å²) >= 11 is 0. The highest BCUT2D eigenvalue weighted by atomic mass is 35.5. The van der Waals surface area contributed by atoms with Crippen molar-refractivity contribution in [3.05, 3.63) is 60.1 Å². The standard InChI is InChI=1S/C13H15NO.ClH/c1-11(12-6-3-2-4-7-12)14-10-13-8-5-9-15-13;/h2-9,11,14H,10H2,1H3;1H/p-1. The maximum atomic E-state index is 5.26. The van der Waals surface area contributed by atoms with Gasteiger partial charge < -0.3 is 22.1 Å². The molecule has 0 amide bonds. The molecule has 0 saturated heterocycles. The van der Waals surface area contributed by atoms with Crippen molar-refractivity contribution in [3.8, 4) is 0 Å². The first-order valence-corrected chi connectivity index (χ1v) is 5.17. The minimum atomic E-state index is 0. The predicted molar refractivity (Wildman–Crippen MR) is 60.4 cm³/mol. The second-order valence-corrected chi connectivity index (χ2v) is 3.59. The first-order chi connectivity index (χ1) is 7.36. The lowest BCUT2D eigenvalue weighted by Crippen LogP contribution is -3.00. The number of furan rings is 1. The third-order valence-corrected chi connectivity index (χ3v) is 2.46. The van der Waals surface area contributed by atoms with Gasteiger partial charge in [0.05, 0.1) is 12.8 Å². The molecule has 0 aliphatic rings. The van der Waals surface area contributed by atoms with Crippen LogP contribution in [-0.4, -0.2) is 0 Å². The minimum absolute atomic E-state index is 0. The van der Waals surface area contributed by atoms with E-state index in [-0.39, 0.29) is 12.4 Å². The molecule has 0 spiro atoms. The number of hydrogen-bond donors (Lipinski definition) is 1. The van der Waals surface area contributed by atoms with Crippen molar-refractivity contribution in [1.82, 2.24) is 5.32 Å². The van der Waals surface area contributed by atoms with Crippen LogP contribution in [0.3, 0.4) is 0 Å². The van der Waals surface area contributed by atoms with Crippen molar-refractivity contribution in [2.75, 3.05) is 0 Å². The Labute approximate surface area is 102 Å². The fraction of sp³-hybridized carbons (Fsp3) is 0.231. The van der Waals surface area contributed by atoms with E-state index < -0.39 is 0 Å². The van der Waals surface area contributed by atoms with Crippen LogP contribution in [0.15, 0.2) is 53.1 Å². The van der Waals surface area contributed by atoms with Crippen molar-refractivity contribution in [2.45, 2.75) is 19.5 Å². The Hall–Kier alpha value is -1.25. The molecule has 0 saturated carbocycles. The van der Waals surface area contributed by atoms with Crippen LogP contribution in [-0.2, 0) is 6.54 Å². The van der Waals surface area contributed by atoms with Gasteiger partial charge in [-0.05, 0) is 24.6 Å². The molecular weight excluding hydrogens is 222 g/mol. The zero-order valence-corrected chi connectivity index (χ0v) is 9.95. The van der Waals surface area contributed by atoms with E-state index in [1.54, 1.807) is 6.26 Å². The fourth-order valence-electron chi connectivity index (χ4n) is 1.53. The molecule has 3 heteroatoms. The zero-order valence-electron chi connectivity index (χ0n) is 9.19. The van der Waals surface area contributed by atoms with Crippen LogP contribution in [0.4, 0.5) is 0 Å². The van der Waals surface area contributed by atoms with Crippen LogP contribution >= 0.6 is 0 Å². The molecule has 2 aromatic rings. The molecule has 1 heterocycles. The lowest BCUT2D eigenvalue weighted by molar-refractivity contribution is -0.00000363. The van der Waals surface area contributed by atoms with E-state index in [2.05, 4.69) is 36.5 Å². The van der Waals surface area contributed by atoms with Gasteiger partial charge in [-0.3, -0.25) is 0 Å². The molecule has 2 nitrogen and oxygen atoms in total. The van der Waals surface area contributed by atoms with Gasteiger partial charge in [0.2, 0.25) is 0 Å². The van der Waals surface area contributed by atoms with E-state index in [0.29, 0.717) is 6.04 Å². The Morgan fingerprint density at radius 3 is 2.50 bits per heavy atom. The summed E-state index contributed by atoms with van der Waals surface area (Å²) in [5.74, 6) is 0.970. The molecule has 0 radical (unpaired) electrons. The van der Waals surface area contributed by atoms with E-state index in [1.807, 2.05) is 18.2 Å². The Bertz CT molecular complexity index is 386. The van der Waals surface area contributed by atoms with Gasteiger partial charge in [0.15, 0.2) is 0 Å². The van der Waals surface area contributed by atoms with E-state index in [1.165, 1.54) is 5.56 Å². The third kappa shape index (κ3) is 3.40. The van der Waals surface area contributed by atoms with E-state index in [4.69, 9.17) is 4.42 Å². The molecule has 1 atom stereocenters. The lowest BCUT2D eigenvalue weighted by atomic mass is 10.1. The number of halogens is 1. The highest BCUT2D eigenvalue weighted by Crippen LogP contribution is 2.12. The molecule has 16 heavy (non-hydrogen) atoms. The summed E-state index contributed by atoms with van der Waals surface area (Å²) in [6, 6.07) is 14.6. The molecule has 0 fully saturated rings. The van der Waals surface area contributed by atoms with Crippen LogP contribution in [0.25, 0.3) is 0 Å². The van der Waals surface area contributed by atoms with Gasteiger partial charge in [-0.2, -0.15) is 0 Å². The van der Waals surface area contributed by atoms with Crippen molar-refractivity contribution in [3.63, 3.8) is 0 Å². The van der Waals surface area contributed by atoms with Crippen LogP contribution < -0.4 is 17.7 Å². The summed E-state index contributed by atoms with van der Waals surface area (Å²) in [6.45, 7) is 2.92. The first kappa shape index (κ1) is 12.8. The normalized spacial score (nSPS) is 11.8. The van der Waals surface area contributed by atoms with Gasteiger partial charge in [0, 0.05) is 6.04 Å². The van der Waals surface area contributed by atoms with E-state index in [0.717, 1.165) is 12.3 Å². The Kier molecular flexibility index (Phi) is 5.09. The van der Waals surface area contributed by atoms with Crippen LogP contribution in [0, 0.1) is 0 Å². The largest absolute Gasteiger partial charge is 1.00 e. The molecule has 1 N–H and O–H groups in total. The number of rotatable bonds is 4. The highest BCUT2D eigenvalue weighted by Gasteiger charge is 2.04. The van der Waals surface area contributed by atoms with Crippen LogP contribution in [0.5, 0.6) is 0 Å². The third-order valence-electron chi connectivity index (χ3n) is 2.46. The quantitative estimate of drug-likeness (QED) is 0.817. The topological polar surface area (TPSA) is 25.2 Å². The first-order valence-electron chi connectivity index (χ1n) is 5.17. The van der Waals surface area contributed by atoms with Gasteiger partial charge >= 0.3 is 0 Å². The average molecular weight is 237 g/mol. The smallest absolute Gasteiger partial charge is 0.117 e. The van der Waals surface area contributed by atoms with Gasteiger partial charge in [-0.15, -0.1) is 0 Å². The molecule has 1 unspecified atom stereocenters. The monoisotopic (exact) mass is 236 g/mol. The summed E-state index contributed by atoms with van der Waals surface area (Å²) in [7, 11) is 0. The molecule has 86 valence electrons. The zero-order chi connectivity index (χ0) is 10.5. The van der Waals surface area contributed by atoms with Gasteiger partial charge in [0.1, 0.15) is 5.76 Å². The summed E-state index contributed by atoms with van der Waals surface area (Å²) in [6.07, 6.45) is 1.70. The molecular formula is C13H15ClNO-. The van der Waals surface area contributed by atoms with Crippen molar-refractivity contribution in [2.24, 2.45) is 0 Å². The molecule has 0 aliphatic carbocycles. The van der Waals surface area contributed by atoms with Crippen LogP contribution in [0.1, 0.15) is 24.3 Å². The molecule has 2 rings (SSSR count). The molecule has 0 aliphatic heterocycles. The molecule has 0 bridgehead atoms. The SMILES string of the molecule is CC(NCc1ccco1)c1ccccc1.[Cl-]. The van der Waals surface area contributed by atoms with Gasteiger partial charge in [0.25, 0.3) is 0 Å². The number of hydrogen-bond acceptors (Lipinski definition) is 2. The highest BCUT2D eigenvalue weighted by molar-refractivity contribution is 5.18. The Balaban J connectivity index is 0.00000128. The van der Waals surface area contributed by atoms with Gasteiger partial charge in [-0.1, -0.05) is 30.3 Å². The van der Waals surface area contributed by atoms with Gasteiger partial charge in [-0.25, -0.2) is 0 Å². The summed E-state index contributed by atoms with van der Waals surface area (Å²) < 4.78 is 5.26. The minimum Gasteiger partial charge on any atom is -1.00 e. The molecule has 1 aromatic carbocycles. The van der Waals surface area contributed by atoms with E-state index in [9.17, 15) is 0 Å². The number of nitrogens with one attached hydrogen (secondary N) is 1. The molecule has 1 aromatic heterocycles. The summed E-state index contributed by atoms with van der Waals surface area (Å²) in [4.78, 5) is 0. The maximum absolute atomic E-state index is 5.26. The second-order valence-electron chi connectivity index (χ2n) is 3.59. The van der Waals surface area contributed by atoms with Crippen molar-refractivity contribution in [1.29, 1.82) is 0 Å². The Morgan fingerprint density at radius 2 is 1.88 bits per heavy atom. The second kappa shape index (κ2) is 6.36. The van der Waals surface area contributed by atoms with Crippen molar-refractivity contribution >= 4 is 0 Å². The average Bonchev–Trinajstić information content (AvgIpc) is 2.80. The Morgan fingerprint density at radius 1 is 1.12 bits per heavy atom. The fourth-order valence-corrected chi connectivity index (χ4v) is 1.53. The van der Waals surface area contributed by atoms with Crippen molar-refractivity contribution < 1.29 is 16.8 Å². The summed E-state index contributed by atoms with van der Waals surface area (Å²) in [5.41, 5.74) is 1.30.